The quantitative estimate of drug-likeness (QED) is 0.866. The van der Waals surface area contributed by atoms with Gasteiger partial charge in [0.1, 0.15) is 5.82 Å². The van der Waals surface area contributed by atoms with E-state index in [1.54, 1.807) is 0 Å². The van der Waals surface area contributed by atoms with Crippen LogP contribution in [0, 0.1) is 5.41 Å². The van der Waals surface area contributed by atoms with Crippen molar-refractivity contribution in [1.29, 1.82) is 0 Å². The van der Waals surface area contributed by atoms with Gasteiger partial charge in [-0.3, -0.25) is 4.90 Å². The third-order valence-electron chi connectivity index (χ3n) is 4.91. The number of hydrogen-bond donors (Lipinski definition) is 1. The Morgan fingerprint density at radius 2 is 2.35 bits per heavy atom. The molecule has 1 saturated carbocycles. The van der Waals surface area contributed by atoms with Gasteiger partial charge >= 0.3 is 0 Å². The number of hydrogen-bond acceptors (Lipinski definition) is 4. The van der Waals surface area contributed by atoms with Crippen LogP contribution in [0.5, 0.6) is 0 Å². The van der Waals surface area contributed by atoms with Crippen LogP contribution in [0.4, 0.5) is 0 Å². The first-order chi connectivity index (χ1) is 9.83. The molecule has 2 aliphatic heterocycles. The summed E-state index contributed by atoms with van der Waals surface area (Å²) in [5.74, 6) is 1.21. The number of imidazole rings is 1. The monoisotopic (exact) mass is 276 g/mol. The molecule has 1 aromatic rings. The topological polar surface area (TPSA) is 42.3 Å². The molecule has 1 aliphatic carbocycles. The molecule has 1 atom stereocenters. The highest BCUT2D eigenvalue weighted by Gasteiger charge is 2.38. The first kappa shape index (κ1) is 12.8. The second-order valence-corrected chi connectivity index (χ2v) is 6.71. The van der Waals surface area contributed by atoms with Gasteiger partial charge < -0.3 is 14.6 Å². The zero-order valence-electron chi connectivity index (χ0n) is 12.1. The molecule has 1 aromatic heterocycles. The first-order valence-corrected chi connectivity index (χ1v) is 7.87. The lowest BCUT2D eigenvalue weighted by Gasteiger charge is -2.36. The molecule has 4 rings (SSSR count). The SMILES string of the molecule is c1cn2c(n1)CN(CC1(CNC3CC3)CCOC1)CC2. The lowest BCUT2D eigenvalue weighted by Crippen LogP contribution is -2.47. The van der Waals surface area contributed by atoms with Crippen LogP contribution in [0.15, 0.2) is 12.4 Å². The van der Waals surface area contributed by atoms with Crippen molar-refractivity contribution in [2.75, 3.05) is 32.8 Å². The van der Waals surface area contributed by atoms with Crippen LogP contribution >= 0.6 is 0 Å². The van der Waals surface area contributed by atoms with Crippen molar-refractivity contribution in [1.82, 2.24) is 19.8 Å². The maximum Gasteiger partial charge on any atom is 0.122 e. The Morgan fingerprint density at radius 3 is 3.15 bits per heavy atom. The van der Waals surface area contributed by atoms with E-state index in [2.05, 4.69) is 26.0 Å². The Bertz CT molecular complexity index is 462. The largest absolute Gasteiger partial charge is 0.381 e. The minimum atomic E-state index is 0.317. The van der Waals surface area contributed by atoms with E-state index in [9.17, 15) is 0 Å². The highest BCUT2D eigenvalue weighted by atomic mass is 16.5. The Kier molecular flexibility index (Phi) is 3.28. The molecule has 3 heterocycles. The molecule has 1 unspecified atom stereocenters. The van der Waals surface area contributed by atoms with Gasteiger partial charge in [0, 0.05) is 56.6 Å². The average molecular weight is 276 g/mol. The maximum atomic E-state index is 5.72. The van der Waals surface area contributed by atoms with Crippen LogP contribution < -0.4 is 5.32 Å². The van der Waals surface area contributed by atoms with E-state index in [0.717, 1.165) is 52.0 Å². The van der Waals surface area contributed by atoms with Crippen molar-refractivity contribution in [2.24, 2.45) is 5.41 Å². The van der Waals surface area contributed by atoms with Crippen LogP contribution in [0.1, 0.15) is 25.1 Å². The van der Waals surface area contributed by atoms with E-state index < -0.39 is 0 Å². The third-order valence-corrected chi connectivity index (χ3v) is 4.91. The molecule has 5 nitrogen and oxygen atoms in total. The second kappa shape index (κ2) is 5.13. The van der Waals surface area contributed by atoms with Crippen LogP contribution in [-0.2, 0) is 17.8 Å². The Balaban J connectivity index is 1.40. The molecule has 1 saturated heterocycles. The minimum absolute atomic E-state index is 0.317. The van der Waals surface area contributed by atoms with Gasteiger partial charge in [-0.25, -0.2) is 4.98 Å². The van der Waals surface area contributed by atoms with E-state index in [-0.39, 0.29) is 0 Å². The molecule has 0 amide bonds. The van der Waals surface area contributed by atoms with Crippen molar-refractivity contribution in [3.8, 4) is 0 Å². The summed E-state index contributed by atoms with van der Waals surface area (Å²) in [6.45, 7) is 7.28. The normalized spacial score (nSPS) is 30.6. The zero-order valence-corrected chi connectivity index (χ0v) is 12.1. The number of nitrogens with one attached hydrogen (secondary N) is 1. The van der Waals surface area contributed by atoms with E-state index in [1.165, 1.54) is 25.1 Å². The number of ether oxygens (including phenoxy) is 1. The van der Waals surface area contributed by atoms with Gasteiger partial charge in [0.15, 0.2) is 0 Å². The molecule has 3 aliphatic rings. The van der Waals surface area contributed by atoms with Crippen LogP contribution in [0.3, 0.4) is 0 Å². The van der Waals surface area contributed by atoms with Gasteiger partial charge in [-0.1, -0.05) is 0 Å². The standard InChI is InChI=1S/C15H24N4O/c1-2-13(1)17-10-15(3-8-20-12-15)11-18-6-7-19-5-4-16-14(19)9-18/h4-5,13,17H,1-3,6-12H2. The maximum absolute atomic E-state index is 5.72. The number of nitrogens with zero attached hydrogens (tertiary/aromatic N) is 3. The van der Waals surface area contributed by atoms with Crippen molar-refractivity contribution in [2.45, 2.75) is 38.4 Å². The molecule has 2 fully saturated rings. The average Bonchev–Trinajstić information content (AvgIpc) is 2.98. The fourth-order valence-electron chi connectivity index (χ4n) is 3.45. The first-order valence-electron chi connectivity index (χ1n) is 7.87. The van der Waals surface area contributed by atoms with Gasteiger partial charge in [-0.2, -0.15) is 0 Å². The fraction of sp³-hybridized carbons (Fsp3) is 0.800. The molecular weight excluding hydrogens is 252 g/mol. The van der Waals surface area contributed by atoms with Crippen molar-refractivity contribution in [3.05, 3.63) is 18.2 Å². The zero-order chi connectivity index (χ0) is 13.4. The van der Waals surface area contributed by atoms with E-state index in [0.29, 0.717) is 5.41 Å². The molecule has 0 bridgehead atoms. The summed E-state index contributed by atoms with van der Waals surface area (Å²) < 4.78 is 8.00. The molecule has 0 radical (unpaired) electrons. The molecule has 0 aromatic carbocycles. The molecule has 20 heavy (non-hydrogen) atoms. The summed E-state index contributed by atoms with van der Waals surface area (Å²) in [5, 5.41) is 3.72. The van der Waals surface area contributed by atoms with Gasteiger partial charge in [0.05, 0.1) is 13.2 Å². The van der Waals surface area contributed by atoms with Crippen molar-refractivity contribution < 1.29 is 4.74 Å². The van der Waals surface area contributed by atoms with E-state index >= 15 is 0 Å². The molecular formula is C15H24N4O. The molecule has 1 N–H and O–H groups in total. The predicted octanol–water partition coefficient (Wildman–Crippen LogP) is 0.857. The fourth-order valence-corrected chi connectivity index (χ4v) is 3.45. The third kappa shape index (κ3) is 2.62. The van der Waals surface area contributed by atoms with E-state index in [4.69, 9.17) is 4.74 Å². The van der Waals surface area contributed by atoms with Crippen molar-refractivity contribution in [3.63, 3.8) is 0 Å². The van der Waals surface area contributed by atoms with Crippen LogP contribution in [0.25, 0.3) is 0 Å². The van der Waals surface area contributed by atoms with Crippen molar-refractivity contribution >= 4 is 0 Å². The summed E-state index contributed by atoms with van der Waals surface area (Å²) in [7, 11) is 0. The summed E-state index contributed by atoms with van der Waals surface area (Å²) in [5.41, 5.74) is 0.317. The highest BCUT2D eigenvalue weighted by Crippen LogP contribution is 2.31. The Labute approximate surface area is 120 Å². The summed E-state index contributed by atoms with van der Waals surface area (Å²) >= 11 is 0. The lowest BCUT2D eigenvalue weighted by molar-refractivity contribution is 0.0931. The van der Waals surface area contributed by atoms with Gasteiger partial charge in [-0.15, -0.1) is 0 Å². The lowest BCUT2D eigenvalue weighted by atomic mass is 9.86. The van der Waals surface area contributed by atoms with E-state index in [1.807, 2.05) is 6.20 Å². The molecule has 110 valence electrons. The highest BCUT2D eigenvalue weighted by molar-refractivity contribution is 4.98. The number of rotatable bonds is 5. The second-order valence-electron chi connectivity index (χ2n) is 6.71. The molecule has 5 heteroatoms. The van der Waals surface area contributed by atoms with Gasteiger partial charge in [-0.05, 0) is 19.3 Å². The van der Waals surface area contributed by atoms with Crippen LogP contribution in [-0.4, -0.2) is 53.3 Å². The number of aromatic nitrogens is 2. The van der Waals surface area contributed by atoms with Gasteiger partial charge in [0.2, 0.25) is 0 Å². The summed E-state index contributed by atoms with van der Waals surface area (Å²) in [6.07, 6.45) is 7.92. The number of fused-ring (bicyclic) bond motifs is 1. The molecule has 0 spiro atoms. The minimum Gasteiger partial charge on any atom is -0.381 e. The smallest absolute Gasteiger partial charge is 0.122 e. The van der Waals surface area contributed by atoms with Gasteiger partial charge in [0.25, 0.3) is 0 Å². The predicted molar refractivity (Wildman–Crippen MR) is 76.4 cm³/mol. The van der Waals surface area contributed by atoms with Crippen LogP contribution in [0.2, 0.25) is 0 Å². The summed E-state index contributed by atoms with van der Waals surface area (Å²) in [6, 6.07) is 0.785. The Hall–Kier alpha value is -0.910. The Morgan fingerprint density at radius 1 is 1.40 bits per heavy atom. The summed E-state index contributed by atoms with van der Waals surface area (Å²) in [4.78, 5) is 7.02.